The Bertz CT molecular complexity index is 193. The lowest BCUT2D eigenvalue weighted by atomic mass is 10.1. The first-order valence-corrected chi connectivity index (χ1v) is 4.68. The second kappa shape index (κ2) is 5.78. The van der Waals surface area contributed by atoms with Crippen molar-refractivity contribution in [3.05, 3.63) is 35.9 Å². The van der Waals surface area contributed by atoms with Crippen LogP contribution in [0.5, 0.6) is 0 Å². The van der Waals surface area contributed by atoms with Gasteiger partial charge in [-0.2, -0.15) is 0 Å². The van der Waals surface area contributed by atoms with Crippen molar-refractivity contribution < 1.29 is 0 Å². The van der Waals surface area contributed by atoms with E-state index in [9.17, 15) is 0 Å². The van der Waals surface area contributed by atoms with Crippen molar-refractivity contribution in [3.8, 4) is 0 Å². The minimum absolute atomic E-state index is 1.08. The summed E-state index contributed by atoms with van der Waals surface area (Å²) < 4.78 is 0. The van der Waals surface area contributed by atoms with Crippen molar-refractivity contribution in [2.24, 2.45) is 0 Å². The Morgan fingerprint density at radius 2 is 1.92 bits per heavy atom. The molecular weight excluding hydrogens is 146 g/mol. The van der Waals surface area contributed by atoms with Gasteiger partial charge in [-0.15, -0.1) is 0 Å². The zero-order chi connectivity index (χ0) is 8.65. The van der Waals surface area contributed by atoms with E-state index in [1.165, 1.54) is 18.4 Å². The molecule has 1 nitrogen and oxygen atoms in total. The first kappa shape index (κ1) is 9.27. The fourth-order valence-electron chi connectivity index (χ4n) is 1.24. The molecule has 0 atom stereocenters. The first-order chi connectivity index (χ1) is 5.93. The van der Waals surface area contributed by atoms with Gasteiger partial charge in [-0.3, -0.25) is 0 Å². The molecule has 1 aromatic carbocycles. The van der Waals surface area contributed by atoms with E-state index in [2.05, 4.69) is 42.6 Å². The van der Waals surface area contributed by atoms with E-state index in [1.807, 2.05) is 0 Å². The molecule has 0 saturated heterocycles. The Morgan fingerprint density at radius 1 is 1.17 bits per heavy atom. The van der Waals surface area contributed by atoms with Gasteiger partial charge in [0.25, 0.3) is 0 Å². The van der Waals surface area contributed by atoms with Crippen LogP contribution >= 0.6 is 0 Å². The Kier molecular flexibility index (Phi) is 4.47. The lowest BCUT2D eigenvalue weighted by molar-refractivity contribution is 0.672. The van der Waals surface area contributed by atoms with E-state index >= 15 is 0 Å². The second-order valence-corrected chi connectivity index (χ2v) is 2.94. The van der Waals surface area contributed by atoms with Crippen molar-refractivity contribution in [2.45, 2.75) is 19.8 Å². The molecule has 1 rings (SSSR count). The summed E-state index contributed by atoms with van der Waals surface area (Å²) in [5, 5.41) is 3.32. The summed E-state index contributed by atoms with van der Waals surface area (Å²) in [7, 11) is 0. The third-order valence-corrected chi connectivity index (χ3v) is 1.91. The fraction of sp³-hybridized carbons (Fsp3) is 0.455. The van der Waals surface area contributed by atoms with Gasteiger partial charge in [-0.25, -0.2) is 0 Å². The van der Waals surface area contributed by atoms with Gasteiger partial charge in [0.15, 0.2) is 0 Å². The van der Waals surface area contributed by atoms with Crippen molar-refractivity contribution in [3.63, 3.8) is 0 Å². The van der Waals surface area contributed by atoms with Crippen LogP contribution in [-0.4, -0.2) is 13.1 Å². The van der Waals surface area contributed by atoms with E-state index in [4.69, 9.17) is 0 Å². The Labute approximate surface area is 74.8 Å². The molecule has 0 aromatic heterocycles. The van der Waals surface area contributed by atoms with Gasteiger partial charge in [0.1, 0.15) is 0 Å². The number of hydrogen-bond acceptors (Lipinski definition) is 1. The largest absolute Gasteiger partial charge is 0.317 e. The van der Waals surface area contributed by atoms with Gasteiger partial charge in [-0.1, -0.05) is 37.3 Å². The highest BCUT2D eigenvalue weighted by atomic mass is 14.8. The Balaban J connectivity index is 2.16. The monoisotopic (exact) mass is 163 g/mol. The van der Waals surface area contributed by atoms with Crippen molar-refractivity contribution in [1.29, 1.82) is 0 Å². The first-order valence-electron chi connectivity index (χ1n) is 4.68. The molecule has 0 unspecified atom stereocenters. The van der Waals surface area contributed by atoms with Crippen LogP contribution in [0.25, 0.3) is 0 Å². The van der Waals surface area contributed by atoms with Crippen LogP contribution < -0.4 is 5.32 Å². The van der Waals surface area contributed by atoms with Gasteiger partial charge >= 0.3 is 0 Å². The molecule has 0 aliphatic carbocycles. The van der Waals surface area contributed by atoms with Crippen molar-refractivity contribution >= 4 is 0 Å². The molecular formula is C11H17N. The molecule has 0 spiro atoms. The third-order valence-electron chi connectivity index (χ3n) is 1.91. The van der Waals surface area contributed by atoms with Crippen LogP contribution in [-0.2, 0) is 6.42 Å². The average molecular weight is 163 g/mol. The zero-order valence-corrected chi connectivity index (χ0v) is 7.72. The second-order valence-electron chi connectivity index (χ2n) is 2.94. The minimum atomic E-state index is 1.08. The summed E-state index contributed by atoms with van der Waals surface area (Å²) >= 11 is 0. The van der Waals surface area contributed by atoms with Crippen LogP contribution in [0.1, 0.15) is 18.9 Å². The molecule has 1 heteroatoms. The van der Waals surface area contributed by atoms with Crippen LogP contribution in [0.2, 0.25) is 0 Å². The highest BCUT2D eigenvalue weighted by molar-refractivity contribution is 5.14. The van der Waals surface area contributed by atoms with E-state index < -0.39 is 0 Å². The van der Waals surface area contributed by atoms with Gasteiger partial charge < -0.3 is 5.32 Å². The Morgan fingerprint density at radius 3 is 2.58 bits per heavy atom. The lowest BCUT2D eigenvalue weighted by Gasteiger charge is -2.01. The fourth-order valence-corrected chi connectivity index (χ4v) is 1.24. The highest BCUT2D eigenvalue weighted by Gasteiger charge is 1.89. The summed E-state index contributed by atoms with van der Waals surface area (Å²) in [6.07, 6.45) is 2.42. The van der Waals surface area contributed by atoms with Crippen molar-refractivity contribution in [2.75, 3.05) is 13.1 Å². The molecule has 0 heterocycles. The minimum Gasteiger partial charge on any atom is -0.317 e. The summed E-state index contributed by atoms with van der Waals surface area (Å²) in [4.78, 5) is 0. The van der Waals surface area contributed by atoms with Gasteiger partial charge in [0, 0.05) is 0 Å². The predicted molar refractivity (Wildman–Crippen MR) is 53.3 cm³/mol. The molecule has 0 radical (unpaired) electrons. The smallest absolute Gasteiger partial charge is 0.00459 e. The summed E-state index contributed by atoms with van der Waals surface area (Å²) in [6.45, 7) is 4.35. The maximum absolute atomic E-state index is 3.32. The molecule has 0 saturated carbocycles. The van der Waals surface area contributed by atoms with Crippen LogP contribution in [0, 0.1) is 0 Å². The number of nitrogens with one attached hydrogen (secondary N) is 1. The molecule has 1 N–H and O–H groups in total. The summed E-state index contributed by atoms with van der Waals surface area (Å²) in [5.41, 5.74) is 1.44. The molecule has 66 valence electrons. The summed E-state index contributed by atoms with van der Waals surface area (Å²) in [5.74, 6) is 0. The van der Waals surface area contributed by atoms with Crippen LogP contribution in [0.4, 0.5) is 0 Å². The topological polar surface area (TPSA) is 12.0 Å². The van der Waals surface area contributed by atoms with E-state index in [-0.39, 0.29) is 0 Å². The molecule has 1 aromatic rings. The number of hydrogen-bond donors (Lipinski definition) is 1. The number of benzene rings is 1. The predicted octanol–water partition coefficient (Wildman–Crippen LogP) is 2.23. The van der Waals surface area contributed by atoms with Gasteiger partial charge in [-0.05, 0) is 31.5 Å². The Hall–Kier alpha value is -0.820. The lowest BCUT2D eigenvalue weighted by Crippen LogP contribution is -2.14. The van der Waals surface area contributed by atoms with E-state index in [0.29, 0.717) is 0 Å². The van der Waals surface area contributed by atoms with Crippen molar-refractivity contribution in [1.82, 2.24) is 5.32 Å². The highest BCUT2D eigenvalue weighted by Crippen LogP contribution is 2.00. The van der Waals surface area contributed by atoms with Crippen LogP contribution in [0.15, 0.2) is 30.3 Å². The standard InChI is InChI=1S/C11H17N/c1-2-12-10-6-9-11-7-4-3-5-8-11/h3-5,7-8,12H,2,6,9-10H2,1H3. The maximum Gasteiger partial charge on any atom is -0.00459 e. The molecule has 0 amide bonds. The molecule has 0 fully saturated rings. The van der Waals surface area contributed by atoms with Crippen LogP contribution in [0.3, 0.4) is 0 Å². The van der Waals surface area contributed by atoms with E-state index in [0.717, 1.165) is 13.1 Å². The SMILES string of the molecule is CCNCCCc1ccccc1. The average Bonchev–Trinajstić information content (AvgIpc) is 2.14. The third kappa shape index (κ3) is 3.54. The maximum atomic E-state index is 3.32. The zero-order valence-electron chi connectivity index (χ0n) is 7.72. The van der Waals surface area contributed by atoms with Gasteiger partial charge in [0.2, 0.25) is 0 Å². The quantitative estimate of drug-likeness (QED) is 0.656. The molecule has 0 bridgehead atoms. The number of aryl methyl sites for hydroxylation is 1. The van der Waals surface area contributed by atoms with Gasteiger partial charge in [0.05, 0.1) is 0 Å². The summed E-state index contributed by atoms with van der Waals surface area (Å²) in [6, 6.07) is 10.6. The number of rotatable bonds is 5. The normalized spacial score (nSPS) is 10.1. The molecule has 0 aliphatic rings. The molecule has 12 heavy (non-hydrogen) atoms. The van der Waals surface area contributed by atoms with E-state index in [1.54, 1.807) is 0 Å². The molecule has 0 aliphatic heterocycles.